The molecule has 1 atom stereocenters. The molecule has 0 bridgehead atoms. The lowest BCUT2D eigenvalue weighted by Crippen LogP contribution is -2.41. The summed E-state index contributed by atoms with van der Waals surface area (Å²) in [6.07, 6.45) is -3.00. The van der Waals surface area contributed by atoms with Crippen molar-refractivity contribution >= 4 is 17.5 Å². The topological polar surface area (TPSA) is 53.5 Å². The minimum absolute atomic E-state index is 0.110. The van der Waals surface area contributed by atoms with Crippen LogP contribution in [0.15, 0.2) is 42.6 Å². The lowest BCUT2D eigenvalue weighted by molar-refractivity contribution is -0.137. The van der Waals surface area contributed by atoms with Crippen LogP contribution in [0.1, 0.15) is 30.7 Å². The van der Waals surface area contributed by atoms with Crippen LogP contribution in [-0.2, 0) is 17.4 Å². The highest BCUT2D eigenvalue weighted by Crippen LogP contribution is 2.30. The maximum absolute atomic E-state index is 13.0. The van der Waals surface area contributed by atoms with Crippen molar-refractivity contribution in [1.82, 2.24) is 9.88 Å². The summed E-state index contributed by atoms with van der Waals surface area (Å²) in [5.74, 6) is -0.198. The number of alkyl halides is 3. The zero-order chi connectivity index (χ0) is 22.1. The molecule has 3 rings (SSSR count). The standard InChI is InChI=1S/C22H24F3N3O2/c1-14(2)20-13-27(18-8-7-15(3)26-11-18)21(30)28(20)12-19(29)10-16-5-4-6-17(9-16)22(23,24)25/h4-9,11,14,20H,10,12-13H2,1-3H3/t20-/m1/s1. The number of pyridine rings is 1. The maximum Gasteiger partial charge on any atom is 0.416 e. The molecule has 5 nitrogen and oxygen atoms in total. The van der Waals surface area contributed by atoms with Crippen LogP contribution >= 0.6 is 0 Å². The van der Waals surface area contributed by atoms with Crippen molar-refractivity contribution in [2.24, 2.45) is 5.92 Å². The third-order valence-corrected chi connectivity index (χ3v) is 5.23. The molecule has 0 unspecified atom stereocenters. The summed E-state index contributed by atoms with van der Waals surface area (Å²) in [7, 11) is 0. The number of benzene rings is 1. The summed E-state index contributed by atoms with van der Waals surface area (Å²) in [6, 6.07) is 7.88. The number of halogens is 3. The van der Waals surface area contributed by atoms with E-state index < -0.39 is 11.7 Å². The monoisotopic (exact) mass is 419 g/mol. The van der Waals surface area contributed by atoms with Crippen molar-refractivity contribution in [3.8, 4) is 0 Å². The van der Waals surface area contributed by atoms with E-state index in [1.165, 1.54) is 17.0 Å². The van der Waals surface area contributed by atoms with E-state index in [9.17, 15) is 22.8 Å². The van der Waals surface area contributed by atoms with Gasteiger partial charge in [0.25, 0.3) is 0 Å². The first-order valence-corrected chi connectivity index (χ1v) is 9.75. The third-order valence-electron chi connectivity index (χ3n) is 5.23. The number of urea groups is 1. The molecule has 30 heavy (non-hydrogen) atoms. The van der Waals surface area contributed by atoms with Gasteiger partial charge in [-0.1, -0.05) is 32.0 Å². The van der Waals surface area contributed by atoms with Crippen LogP contribution in [0.3, 0.4) is 0 Å². The van der Waals surface area contributed by atoms with Gasteiger partial charge in [-0.05, 0) is 36.6 Å². The summed E-state index contributed by atoms with van der Waals surface area (Å²) < 4.78 is 38.7. The van der Waals surface area contributed by atoms with Crippen LogP contribution in [0.5, 0.6) is 0 Å². The van der Waals surface area contributed by atoms with Crippen LogP contribution in [0, 0.1) is 12.8 Å². The first kappa shape index (κ1) is 21.8. The number of anilines is 1. The molecular weight excluding hydrogens is 395 g/mol. The van der Waals surface area contributed by atoms with E-state index in [0.29, 0.717) is 12.2 Å². The lowest BCUT2D eigenvalue weighted by atomic mass is 10.0. The van der Waals surface area contributed by atoms with Crippen LogP contribution in [-0.4, -0.2) is 40.8 Å². The Hall–Kier alpha value is -2.90. The number of rotatable bonds is 6. The van der Waals surface area contributed by atoms with Gasteiger partial charge in [0, 0.05) is 18.7 Å². The summed E-state index contributed by atoms with van der Waals surface area (Å²) >= 11 is 0. The molecular formula is C22H24F3N3O2. The second-order valence-electron chi connectivity index (χ2n) is 7.90. The molecule has 0 radical (unpaired) electrons. The highest BCUT2D eigenvalue weighted by Gasteiger charge is 2.40. The number of aromatic nitrogens is 1. The highest BCUT2D eigenvalue weighted by molar-refractivity contribution is 5.97. The molecule has 160 valence electrons. The smallest absolute Gasteiger partial charge is 0.312 e. The van der Waals surface area contributed by atoms with E-state index in [4.69, 9.17) is 0 Å². The van der Waals surface area contributed by atoms with Gasteiger partial charge in [-0.3, -0.25) is 14.7 Å². The van der Waals surface area contributed by atoms with Gasteiger partial charge in [0.1, 0.15) is 0 Å². The van der Waals surface area contributed by atoms with Crippen molar-refractivity contribution in [2.45, 2.75) is 39.4 Å². The Bertz CT molecular complexity index is 926. The molecule has 1 aromatic carbocycles. The van der Waals surface area contributed by atoms with Gasteiger partial charge in [0.2, 0.25) is 0 Å². The Labute approximate surface area is 173 Å². The Morgan fingerprint density at radius 1 is 1.23 bits per heavy atom. The largest absolute Gasteiger partial charge is 0.416 e. The molecule has 0 aliphatic carbocycles. The van der Waals surface area contributed by atoms with E-state index in [-0.39, 0.29) is 42.3 Å². The number of carbonyl (C=O) groups excluding carboxylic acids is 2. The van der Waals surface area contributed by atoms with Crippen LogP contribution < -0.4 is 4.90 Å². The van der Waals surface area contributed by atoms with Gasteiger partial charge < -0.3 is 4.90 Å². The fourth-order valence-corrected chi connectivity index (χ4v) is 3.58. The van der Waals surface area contributed by atoms with Crippen molar-refractivity contribution in [3.05, 3.63) is 59.4 Å². The number of carbonyl (C=O) groups is 2. The van der Waals surface area contributed by atoms with Gasteiger partial charge in [-0.15, -0.1) is 0 Å². The second-order valence-corrected chi connectivity index (χ2v) is 7.90. The first-order valence-electron chi connectivity index (χ1n) is 9.75. The van der Waals surface area contributed by atoms with E-state index in [2.05, 4.69) is 4.98 Å². The fraction of sp³-hybridized carbons (Fsp3) is 0.409. The molecule has 1 aromatic heterocycles. The maximum atomic E-state index is 13.0. The van der Waals surface area contributed by atoms with Gasteiger partial charge in [0.05, 0.1) is 30.0 Å². The number of hydrogen-bond donors (Lipinski definition) is 0. The molecule has 1 saturated heterocycles. The van der Waals surface area contributed by atoms with E-state index >= 15 is 0 Å². The zero-order valence-electron chi connectivity index (χ0n) is 17.1. The number of nitrogens with zero attached hydrogens (tertiary/aromatic N) is 3. The molecule has 2 amide bonds. The molecule has 2 aromatic rings. The number of ketones is 1. The first-order chi connectivity index (χ1) is 14.1. The quantitative estimate of drug-likeness (QED) is 0.693. The lowest BCUT2D eigenvalue weighted by Gasteiger charge is -2.25. The molecule has 0 saturated carbocycles. The molecule has 2 heterocycles. The minimum Gasteiger partial charge on any atom is -0.312 e. The summed E-state index contributed by atoms with van der Waals surface area (Å²) in [6.45, 7) is 6.08. The van der Waals surface area contributed by atoms with E-state index in [1.54, 1.807) is 11.1 Å². The predicted molar refractivity (Wildman–Crippen MR) is 107 cm³/mol. The molecule has 1 aliphatic rings. The Balaban J connectivity index is 1.74. The number of hydrogen-bond acceptors (Lipinski definition) is 3. The number of Topliss-reactive ketones (excluding diaryl/α,β-unsaturated/α-hetero) is 1. The van der Waals surface area contributed by atoms with Gasteiger partial charge in [0.15, 0.2) is 5.78 Å². The summed E-state index contributed by atoms with van der Waals surface area (Å²) in [5, 5.41) is 0. The third kappa shape index (κ3) is 4.80. The normalized spacial score (nSPS) is 17.2. The van der Waals surface area contributed by atoms with Gasteiger partial charge >= 0.3 is 12.2 Å². The van der Waals surface area contributed by atoms with E-state index in [0.717, 1.165) is 17.8 Å². The van der Waals surface area contributed by atoms with Crippen molar-refractivity contribution in [2.75, 3.05) is 18.0 Å². The highest BCUT2D eigenvalue weighted by atomic mass is 19.4. The van der Waals surface area contributed by atoms with Crippen molar-refractivity contribution in [1.29, 1.82) is 0 Å². The van der Waals surface area contributed by atoms with Crippen LogP contribution in [0.4, 0.5) is 23.7 Å². The predicted octanol–water partition coefficient (Wildman–Crippen LogP) is 4.49. The van der Waals surface area contributed by atoms with Crippen molar-refractivity contribution in [3.63, 3.8) is 0 Å². The van der Waals surface area contributed by atoms with Crippen LogP contribution in [0.25, 0.3) is 0 Å². The Morgan fingerprint density at radius 2 is 1.97 bits per heavy atom. The van der Waals surface area contributed by atoms with Gasteiger partial charge in [-0.2, -0.15) is 13.2 Å². The van der Waals surface area contributed by atoms with Crippen molar-refractivity contribution < 1.29 is 22.8 Å². The SMILES string of the molecule is Cc1ccc(N2C[C@H](C(C)C)N(CC(=O)Cc3cccc(C(F)(F)F)c3)C2=O)cn1. The molecule has 0 spiro atoms. The number of aryl methyl sites for hydroxylation is 1. The zero-order valence-corrected chi connectivity index (χ0v) is 17.1. The molecule has 0 N–H and O–H groups in total. The van der Waals surface area contributed by atoms with Gasteiger partial charge in [-0.25, -0.2) is 4.79 Å². The molecule has 8 heteroatoms. The Kier molecular flexibility index (Phi) is 6.14. The molecule has 1 aliphatic heterocycles. The van der Waals surface area contributed by atoms with Crippen LogP contribution in [0.2, 0.25) is 0 Å². The Morgan fingerprint density at radius 3 is 2.57 bits per heavy atom. The average molecular weight is 419 g/mol. The second kappa shape index (κ2) is 8.45. The molecule has 1 fully saturated rings. The summed E-state index contributed by atoms with van der Waals surface area (Å²) in [4.78, 5) is 33.0. The average Bonchev–Trinajstić information content (AvgIpc) is 2.98. The number of amides is 2. The summed E-state index contributed by atoms with van der Waals surface area (Å²) in [5.41, 5.74) is 0.980. The minimum atomic E-state index is -4.46. The van der Waals surface area contributed by atoms with E-state index in [1.807, 2.05) is 32.9 Å². The fourth-order valence-electron chi connectivity index (χ4n) is 3.58.